The Hall–Kier alpha value is -2.94. The van der Waals surface area contributed by atoms with Gasteiger partial charge < -0.3 is 26.8 Å². The molecule has 0 aliphatic rings. The third kappa shape index (κ3) is 7.75. The Balaban J connectivity index is 2.84. The molecule has 9 heteroatoms. The molecule has 0 saturated heterocycles. The first-order valence-electron chi connectivity index (χ1n) is 9.01. The third-order valence-corrected chi connectivity index (χ3v) is 4.10. The number of benzene rings is 1. The van der Waals surface area contributed by atoms with Crippen LogP contribution in [0.3, 0.4) is 0 Å². The van der Waals surface area contributed by atoms with Crippen LogP contribution in [0.2, 0.25) is 0 Å². The van der Waals surface area contributed by atoms with Gasteiger partial charge in [-0.15, -0.1) is 0 Å². The average Bonchev–Trinajstić information content (AvgIpc) is 2.65. The Morgan fingerprint density at radius 2 is 1.57 bits per heavy atom. The maximum atomic E-state index is 12.7. The summed E-state index contributed by atoms with van der Waals surface area (Å²) in [7, 11) is 0. The lowest BCUT2D eigenvalue weighted by Crippen LogP contribution is -2.56. The first kappa shape index (κ1) is 23.1. The summed E-state index contributed by atoms with van der Waals surface area (Å²) in [6, 6.07) is 6.41. The van der Waals surface area contributed by atoms with Crippen LogP contribution < -0.4 is 21.7 Å². The number of carboxylic acids is 1. The highest BCUT2D eigenvalue weighted by molar-refractivity contribution is 5.93. The maximum Gasteiger partial charge on any atom is 0.322 e. The molecule has 0 heterocycles. The van der Waals surface area contributed by atoms with Gasteiger partial charge in [0.25, 0.3) is 0 Å². The summed E-state index contributed by atoms with van der Waals surface area (Å²) < 4.78 is 0. The van der Waals surface area contributed by atoms with Crippen LogP contribution in [-0.4, -0.2) is 53.5 Å². The van der Waals surface area contributed by atoms with Crippen molar-refractivity contribution in [2.75, 3.05) is 6.54 Å². The first-order chi connectivity index (χ1) is 13.1. The van der Waals surface area contributed by atoms with Gasteiger partial charge in [-0.05, 0) is 18.4 Å². The topological polar surface area (TPSA) is 151 Å². The summed E-state index contributed by atoms with van der Waals surface area (Å²) in [5.74, 6) is -2.97. The minimum absolute atomic E-state index is 0.110. The molecular formula is C19H28N4O5. The summed E-state index contributed by atoms with van der Waals surface area (Å²) in [5, 5.41) is 15.9. The zero-order valence-electron chi connectivity index (χ0n) is 16.3. The molecule has 154 valence electrons. The van der Waals surface area contributed by atoms with E-state index in [1.54, 1.807) is 13.8 Å². The van der Waals surface area contributed by atoms with E-state index in [1.165, 1.54) is 6.92 Å². The molecule has 3 unspecified atom stereocenters. The van der Waals surface area contributed by atoms with Crippen molar-refractivity contribution < 1.29 is 24.3 Å². The number of nitrogens with two attached hydrogens (primary N) is 1. The zero-order valence-corrected chi connectivity index (χ0v) is 16.3. The van der Waals surface area contributed by atoms with Crippen LogP contribution in [0.1, 0.15) is 26.3 Å². The number of nitrogens with one attached hydrogen (secondary N) is 3. The summed E-state index contributed by atoms with van der Waals surface area (Å²) in [5.41, 5.74) is 6.68. The average molecular weight is 392 g/mol. The van der Waals surface area contributed by atoms with Crippen LogP contribution >= 0.6 is 0 Å². The third-order valence-electron chi connectivity index (χ3n) is 4.10. The number of hydrogen-bond acceptors (Lipinski definition) is 5. The molecule has 6 N–H and O–H groups in total. The van der Waals surface area contributed by atoms with E-state index < -0.39 is 48.4 Å². The van der Waals surface area contributed by atoms with E-state index in [4.69, 9.17) is 10.8 Å². The largest absolute Gasteiger partial charge is 0.480 e. The molecule has 28 heavy (non-hydrogen) atoms. The fourth-order valence-electron chi connectivity index (χ4n) is 2.33. The standard InChI is InChI=1S/C19H28N4O5/c1-11(2)16(20)19(28)23-14(9-13-7-5-4-6-8-13)18(27)22-12(3)17(26)21-10-15(24)25/h4-8,11-12,14,16H,9-10,20H2,1-3H3,(H,21,26)(H,22,27)(H,23,28)(H,24,25). The van der Waals surface area contributed by atoms with Crippen molar-refractivity contribution in [1.29, 1.82) is 0 Å². The Morgan fingerprint density at radius 1 is 0.964 bits per heavy atom. The smallest absolute Gasteiger partial charge is 0.322 e. The van der Waals surface area contributed by atoms with E-state index in [-0.39, 0.29) is 12.3 Å². The normalized spacial score (nSPS) is 13.9. The second kappa shape index (κ2) is 11.0. The van der Waals surface area contributed by atoms with Crippen LogP contribution in [0.4, 0.5) is 0 Å². The first-order valence-corrected chi connectivity index (χ1v) is 9.01. The molecule has 0 saturated carbocycles. The number of hydrogen-bond donors (Lipinski definition) is 5. The number of amides is 3. The van der Waals surface area contributed by atoms with E-state index in [2.05, 4.69) is 16.0 Å². The summed E-state index contributed by atoms with van der Waals surface area (Å²) in [6.07, 6.45) is 0.215. The molecule has 0 fully saturated rings. The van der Waals surface area contributed by atoms with Crippen LogP contribution in [0.5, 0.6) is 0 Å². The molecule has 9 nitrogen and oxygen atoms in total. The van der Waals surface area contributed by atoms with Crippen molar-refractivity contribution >= 4 is 23.7 Å². The lowest BCUT2D eigenvalue weighted by Gasteiger charge is -2.23. The summed E-state index contributed by atoms with van der Waals surface area (Å²) in [6.45, 7) is 4.47. The van der Waals surface area contributed by atoms with Gasteiger partial charge in [0.15, 0.2) is 0 Å². The fourth-order valence-corrected chi connectivity index (χ4v) is 2.33. The SMILES string of the molecule is CC(NC(=O)C(Cc1ccccc1)NC(=O)C(N)C(C)C)C(=O)NCC(=O)O. The number of carbonyl (C=O) groups excluding carboxylic acids is 3. The van der Waals surface area contributed by atoms with Gasteiger partial charge >= 0.3 is 5.97 Å². The quantitative estimate of drug-likeness (QED) is 0.359. The Kier molecular flexibility index (Phi) is 9.10. The van der Waals surface area contributed by atoms with Crippen LogP contribution in [0, 0.1) is 5.92 Å². The monoisotopic (exact) mass is 392 g/mol. The van der Waals surface area contributed by atoms with Crippen molar-refractivity contribution in [1.82, 2.24) is 16.0 Å². The minimum atomic E-state index is -1.19. The summed E-state index contributed by atoms with van der Waals surface area (Å²) in [4.78, 5) is 47.4. The van der Waals surface area contributed by atoms with Gasteiger partial charge in [0.2, 0.25) is 17.7 Å². The number of rotatable bonds is 10. The number of carboxylic acid groups (broad SMARTS) is 1. The molecule has 1 aromatic carbocycles. The molecule has 3 atom stereocenters. The highest BCUT2D eigenvalue weighted by Gasteiger charge is 2.27. The predicted octanol–water partition coefficient (Wildman–Crippen LogP) is -0.597. The van der Waals surface area contributed by atoms with Crippen LogP contribution in [0.15, 0.2) is 30.3 Å². The highest BCUT2D eigenvalue weighted by atomic mass is 16.4. The van der Waals surface area contributed by atoms with Crippen molar-refractivity contribution in [2.24, 2.45) is 11.7 Å². The number of carbonyl (C=O) groups is 4. The number of aliphatic carboxylic acids is 1. The van der Waals surface area contributed by atoms with Gasteiger partial charge in [-0.1, -0.05) is 44.2 Å². The Labute approximate surface area is 164 Å². The van der Waals surface area contributed by atoms with Gasteiger partial charge in [-0.2, -0.15) is 0 Å². The van der Waals surface area contributed by atoms with Crippen molar-refractivity contribution in [2.45, 2.75) is 45.3 Å². The lowest BCUT2D eigenvalue weighted by molar-refractivity contribution is -0.138. The van der Waals surface area contributed by atoms with Crippen LogP contribution in [0.25, 0.3) is 0 Å². The van der Waals surface area contributed by atoms with E-state index >= 15 is 0 Å². The Bertz CT molecular complexity index is 693. The molecule has 1 rings (SSSR count). The van der Waals surface area contributed by atoms with E-state index in [9.17, 15) is 19.2 Å². The van der Waals surface area contributed by atoms with Gasteiger partial charge in [-0.25, -0.2) is 0 Å². The molecule has 0 radical (unpaired) electrons. The molecule has 0 aliphatic carbocycles. The summed E-state index contributed by atoms with van der Waals surface area (Å²) >= 11 is 0. The van der Waals surface area contributed by atoms with E-state index in [0.717, 1.165) is 5.56 Å². The van der Waals surface area contributed by atoms with Crippen molar-refractivity contribution in [3.05, 3.63) is 35.9 Å². The molecular weight excluding hydrogens is 364 g/mol. The lowest BCUT2D eigenvalue weighted by atomic mass is 10.0. The zero-order chi connectivity index (χ0) is 21.3. The second-order valence-electron chi connectivity index (χ2n) is 6.86. The second-order valence-corrected chi connectivity index (χ2v) is 6.86. The van der Waals surface area contributed by atoms with Gasteiger partial charge in [0, 0.05) is 6.42 Å². The van der Waals surface area contributed by atoms with Gasteiger partial charge in [0.05, 0.1) is 6.04 Å². The maximum absolute atomic E-state index is 12.7. The van der Waals surface area contributed by atoms with E-state index in [0.29, 0.717) is 0 Å². The molecule has 0 spiro atoms. The van der Waals surface area contributed by atoms with Crippen molar-refractivity contribution in [3.63, 3.8) is 0 Å². The van der Waals surface area contributed by atoms with Crippen molar-refractivity contribution in [3.8, 4) is 0 Å². The van der Waals surface area contributed by atoms with E-state index in [1.807, 2.05) is 30.3 Å². The van der Waals surface area contributed by atoms with Gasteiger partial charge in [-0.3, -0.25) is 19.2 Å². The fraction of sp³-hybridized carbons (Fsp3) is 0.474. The van der Waals surface area contributed by atoms with Crippen LogP contribution in [-0.2, 0) is 25.6 Å². The Morgan fingerprint density at radius 3 is 2.11 bits per heavy atom. The van der Waals surface area contributed by atoms with Gasteiger partial charge in [0.1, 0.15) is 18.6 Å². The highest BCUT2D eigenvalue weighted by Crippen LogP contribution is 2.06. The minimum Gasteiger partial charge on any atom is -0.480 e. The molecule has 0 aliphatic heterocycles. The molecule has 0 aromatic heterocycles. The molecule has 1 aromatic rings. The molecule has 0 bridgehead atoms. The molecule has 3 amide bonds. The predicted molar refractivity (Wildman–Crippen MR) is 103 cm³/mol.